The minimum atomic E-state index is -0.979. The van der Waals surface area contributed by atoms with Crippen molar-refractivity contribution >= 4 is 23.2 Å². The van der Waals surface area contributed by atoms with Gasteiger partial charge in [0, 0.05) is 30.5 Å². The molecule has 1 aliphatic rings. The Hall–Kier alpha value is -1.18. The fraction of sp³-hybridized carbons (Fsp3) is 0.500. The summed E-state index contributed by atoms with van der Waals surface area (Å²) in [6, 6.07) is 5.24. The maximum atomic E-state index is 9.39. The van der Waals surface area contributed by atoms with Crippen molar-refractivity contribution in [3.05, 3.63) is 46.0 Å². The third-order valence-corrected chi connectivity index (χ3v) is 4.66. The number of aliphatic hydroxyl groups is 1. The van der Waals surface area contributed by atoms with Crippen LogP contribution in [0.4, 0.5) is 0 Å². The maximum Gasteiger partial charge on any atom is 0.196 e. The summed E-state index contributed by atoms with van der Waals surface area (Å²) < 4.78 is 13.7. The van der Waals surface area contributed by atoms with Gasteiger partial charge in [0.05, 0.1) is 18.2 Å². The van der Waals surface area contributed by atoms with Crippen LogP contribution in [-0.2, 0) is 28.7 Å². The van der Waals surface area contributed by atoms with Crippen molar-refractivity contribution in [3.63, 3.8) is 0 Å². The zero-order valence-corrected chi connectivity index (χ0v) is 14.8. The molecule has 0 bridgehead atoms. The minimum Gasteiger partial charge on any atom is -0.394 e. The highest BCUT2D eigenvalue weighted by Gasteiger charge is 2.43. The summed E-state index contributed by atoms with van der Waals surface area (Å²) in [6.07, 6.45) is 3.25. The Morgan fingerprint density at radius 3 is 2.88 bits per heavy atom. The van der Waals surface area contributed by atoms with Gasteiger partial charge in [-0.1, -0.05) is 29.3 Å². The van der Waals surface area contributed by atoms with E-state index in [0.29, 0.717) is 23.1 Å². The number of aromatic nitrogens is 3. The highest BCUT2D eigenvalue weighted by atomic mass is 35.5. The first kappa shape index (κ1) is 17.6. The molecule has 0 radical (unpaired) electrons. The lowest BCUT2D eigenvalue weighted by atomic mass is 9.99. The lowest BCUT2D eigenvalue weighted by Crippen LogP contribution is -2.29. The summed E-state index contributed by atoms with van der Waals surface area (Å²) in [5.41, 5.74) is 0.725. The molecule has 1 N–H and O–H groups in total. The molecule has 1 aliphatic heterocycles. The summed E-state index contributed by atoms with van der Waals surface area (Å²) in [5.74, 6) is -0.0859. The first-order chi connectivity index (χ1) is 11.5. The molecule has 2 heterocycles. The largest absolute Gasteiger partial charge is 0.394 e. The fourth-order valence-electron chi connectivity index (χ4n) is 2.89. The first-order valence-electron chi connectivity index (χ1n) is 7.75. The molecular weight excluding hydrogens is 353 g/mol. The smallest absolute Gasteiger partial charge is 0.196 e. The van der Waals surface area contributed by atoms with Crippen molar-refractivity contribution < 1.29 is 14.6 Å². The molecule has 0 amide bonds. The number of aliphatic hydroxyl groups excluding tert-OH is 1. The van der Waals surface area contributed by atoms with Gasteiger partial charge in [0.2, 0.25) is 0 Å². The molecule has 1 aromatic carbocycles. The van der Waals surface area contributed by atoms with Crippen molar-refractivity contribution in [2.24, 2.45) is 7.05 Å². The van der Waals surface area contributed by atoms with E-state index < -0.39 is 5.79 Å². The molecule has 0 unspecified atom stereocenters. The van der Waals surface area contributed by atoms with Gasteiger partial charge in [-0.05, 0) is 18.6 Å². The van der Waals surface area contributed by atoms with E-state index in [1.165, 1.54) is 6.33 Å². The Bertz CT molecular complexity index is 710. The van der Waals surface area contributed by atoms with E-state index in [-0.39, 0.29) is 12.7 Å². The number of nitrogens with zero attached hydrogens (tertiary/aromatic N) is 3. The Morgan fingerprint density at radius 2 is 2.25 bits per heavy atom. The number of halogens is 2. The molecule has 8 heteroatoms. The normalized spacial score (nSPS) is 23.8. The molecule has 1 saturated heterocycles. The SMILES string of the molecule is Cn1ncnc1CCC[C@]1(c2ccc(Cl)cc2Cl)OC[C@H](CO)O1. The highest BCUT2D eigenvalue weighted by Crippen LogP contribution is 2.42. The van der Waals surface area contributed by atoms with E-state index in [1.807, 2.05) is 13.1 Å². The van der Waals surface area contributed by atoms with Gasteiger partial charge >= 0.3 is 0 Å². The van der Waals surface area contributed by atoms with Crippen LogP contribution in [0.2, 0.25) is 10.0 Å². The Morgan fingerprint density at radius 1 is 1.42 bits per heavy atom. The molecule has 6 nitrogen and oxygen atoms in total. The van der Waals surface area contributed by atoms with Crippen molar-refractivity contribution in [2.45, 2.75) is 31.2 Å². The zero-order valence-electron chi connectivity index (χ0n) is 13.3. The average molecular weight is 372 g/mol. The van der Waals surface area contributed by atoms with Gasteiger partial charge in [-0.15, -0.1) is 0 Å². The Kier molecular flexibility index (Phi) is 5.42. The van der Waals surface area contributed by atoms with E-state index in [9.17, 15) is 5.11 Å². The molecule has 0 saturated carbocycles. The van der Waals surface area contributed by atoms with Crippen LogP contribution in [0, 0.1) is 0 Å². The van der Waals surface area contributed by atoms with Gasteiger partial charge in [0.15, 0.2) is 5.79 Å². The van der Waals surface area contributed by atoms with Crippen molar-refractivity contribution in [3.8, 4) is 0 Å². The highest BCUT2D eigenvalue weighted by molar-refractivity contribution is 6.35. The number of benzene rings is 1. The molecule has 24 heavy (non-hydrogen) atoms. The summed E-state index contributed by atoms with van der Waals surface area (Å²) in [6.45, 7) is 0.218. The molecule has 2 aromatic rings. The second-order valence-corrected chi connectivity index (χ2v) is 6.61. The third-order valence-electron chi connectivity index (χ3n) is 4.12. The van der Waals surface area contributed by atoms with E-state index in [0.717, 1.165) is 24.2 Å². The van der Waals surface area contributed by atoms with Gasteiger partial charge in [-0.3, -0.25) is 4.68 Å². The summed E-state index contributed by atoms with van der Waals surface area (Å²) >= 11 is 12.4. The van der Waals surface area contributed by atoms with Crippen LogP contribution in [0.5, 0.6) is 0 Å². The van der Waals surface area contributed by atoms with Gasteiger partial charge in [-0.25, -0.2) is 4.98 Å². The second kappa shape index (κ2) is 7.37. The lowest BCUT2D eigenvalue weighted by Gasteiger charge is -2.29. The summed E-state index contributed by atoms with van der Waals surface area (Å²) in [7, 11) is 1.86. The van der Waals surface area contributed by atoms with Crippen LogP contribution in [0.3, 0.4) is 0 Å². The van der Waals surface area contributed by atoms with Crippen LogP contribution in [0.15, 0.2) is 24.5 Å². The first-order valence-corrected chi connectivity index (χ1v) is 8.51. The third kappa shape index (κ3) is 3.58. The molecule has 1 fully saturated rings. The van der Waals surface area contributed by atoms with Crippen molar-refractivity contribution in [2.75, 3.05) is 13.2 Å². The lowest BCUT2D eigenvalue weighted by molar-refractivity contribution is -0.185. The van der Waals surface area contributed by atoms with E-state index in [2.05, 4.69) is 10.1 Å². The molecule has 130 valence electrons. The van der Waals surface area contributed by atoms with Crippen LogP contribution in [-0.4, -0.2) is 39.2 Å². The minimum absolute atomic E-state index is 0.101. The molecular formula is C16H19Cl2N3O3. The Labute approximate surface area is 150 Å². The topological polar surface area (TPSA) is 69.4 Å². The molecule has 1 aromatic heterocycles. The quantitative estimate of drug-likeness (QED) is 0.845. The number of rotatable bonds is 6. The number of aryl methyl sites for hydroxylation is 2. The predicted molar refractivity (Wildman–Crippen MR) is 90.0 cm³/mol. The van der Waals surface area contributed by atoms with E-state index in [1.54, 1.807) is 16.8 Å². The van der Waals surface area contributed by atoms with Crippen LogP contribution in [0.1, 0.15) is 24.2 Å². The monoisotopic (exact) mass is 371 g/mol. The van der Waals surface area contributed by atoms with Crippen LogP contribution < -0.4 is 0 Å². The van der Waals surface area contributed by atoms with Crippen molar-refractivity contribution in [1.29, 1.82) is 0 Å². The van der Waals surface area contributed by atoms with E-state index >= 15 is 0 Å². The second-order valence-electron chi connectivity index (χ2n) is 5.76. The maximum absolute atomic E-state index is 9.39. The average Bonchev–Trinajstić information content (AvgIpc) is 3.15. The predicted octanol–water partition coefficient (Wildman–Crippen LogP) is 2.71. The fourth-order valence-corrected chi connectivity index (χ4v) is 3.44. The molecule has 0 spiro atoms. The number of hydrogen-bond donors (Lipinski definition) is 1. The van der Waals surface area contributed by atoms with Gasteiger partial charge in [-0.2, -0.15) is 5.10 Å². The summed E-state index contributed by atoms with van der Waals surface area (Å²) in [5, 5.41) is 14.5. The molecule has 0 aliphatic carbocycles. The van der Waals surface area contributed by atoms with Gasteiger partial charge in [0.25, 0.3) is 0 Å². The van der Waals surface area contributed by atoms with Gasteiger partial charge in [0.1, 0.15) is 18.3 Å². The van der Waals surface area contributed by atoms with Crippen LogP contribution in [0.25, 0.3) is 0 Å². The van der Waals surface area contributed by atoms with Crippen molar-refractivity contribution in [1.82, 2.24) is 14.8 Å². The number of hydrogen-bond acceptors (Lipinski definition) is 5. The van der Waals surface area contributed by atoms with Crippen LogP contribution >= 0.6 is 23.2 Å². The Balaban J connectivity index is 1.79. The number of ether oxygens (including phenoxy) is 2. The zero-order chi connectivity index (χ0) is 17.2. The molecule has 3 rings (SSSR count). The van der Waals surface area contributed by atoms with E-state index in [4.69, 9.17) is 32.7 Å². The summed E-state index contributed by atoms with van der Waals surface area (Å²) in [4.78, 5) is 4.22. The van der Waals surface area contributed by atoms with Gasteiger partial charge < -0.3 is 14.6 Å². The standard InChI is InChI=1S/C16H19Cl2N3O3/c1-21-15(19-10-20-21)3-2-6-16(23-9-12(8-22)24-16)13-5-4-11(17)7-14(13)18/h4-5,7,10,12,22H,2-3,6,8-9H2,1H3/t12-,16-/m0/s1. The molecule has 2 atom stereocenters.